The summed E-state index contributed by atoms with van der Waals surface area (Å²) in [7, 11) is 0. The van der Waals surface area contributed by atoms with Crippen LogP contribution in [0.15, 0.2) is 48.0 Å². The first kappa shape index (κ1) is 26.3. The van der Waals surface area contributed by atoms with E-state index in [1.807, 2.05) is 0 Å². The van der Waals surface area contributed by atoms with Crippen LogP contribution >= 0.6 is 11.6 Å². The zero-order valence-electron chi connectivity index (χ0n) is 27.8. The molecule has 2 saturated carbocycles. The number of amides is 2. The summed E-state index contributed by atoms with van der Waals surface area (Å²) in [5.41, 5.74) is -1.93. The van der Waals surface area contributed by atoms with Crippen LogP contribution in [0.2, 0.25) is 5.02 Å². The Morgan fingerprint density at radius 1 is 1.06 bits per heavy atom. The predicted molar refractivity (Wildman–Crippen MR) is 172 cm³/mol. The maximum Gasteiger partial charge on any atom is 0.281 e. The zero-order valence-corrected chi connectivity index (χ0v) is 25.6. The van der Waals surface area contributed by atoms with Crippen molar-refractivity contribution in [2.75, 3.05) is 36.4 Å². The third-order valence-electron chi connectivity index (χ3n) is 9.46. The molecule has 1 N–H and O–H groups in total. The Morgan fingerprint density at radius 3 is 2.38 bits per heavy atom. The summed E-state index contributed by atoms with van der Waals surface area (Å²) in [6, 6.07) is 3.48. The second-order valence-corrected chi connectivity index (χ2v) is 12.7. The summed E-state index contributed by atoms with van der Waals surface area (Å²) in [5, 5.41) is 10.4. The molecule has 8 rings (SSSR count). The van der Waals surface area contributed by atoms with Crippen molar-refractivity contribution in [2.45, 2.75) is 43.6 Å². The molecule has 2 aliphatic carbocycles. The van der Waals surface area contributed by atoms with Crippen LogP contribution in [0.5, 0.6) is 5.75 Å². The van der Waals surface area contributed by atoms with Crippen LogP contribution in [0.4, 0.5) is 20.2 Å². The number of rotatable bonds is 5. The number of benzene rings is 2. The molecule has 1 saturated heterocycles. The van der Waals surface area contributed by atoms with E-state index >= 15 is 13.6 Å². The Kier molecular flexibility index (Phi) is 5.92. The largest absolute Gasteiger partial charge is 0.507 e. The van der Waals surface area contributed by atoms with Gasteiger partial charge in [-0.05, 0) is 50.0 Å². The molecule has 47 heavy (non-hydrogen) atoms. The second-order valence-electron chi connectivity index (χ2n) is 12.3. The number of halogens is 3. The highest BCUT2D eigenvalue weighted by Crippen LogP contribution is 2.51. The number of hydrogen-bond acceptors (Lipinski definition) is 7. The van der Waals surface area contributed by atoms with Gasteiger partial charge in [-0.25, -0.2) is 18.7 Å². The number of phenolic OH excluding ortho intramolecular Hbond substituents is 1. The van der Waals surface area contributed by atoms with Gasteiger partial charge >= 0.3 is 0 Å². The minimum absolute atomic E-state index is 0.0272. The zero-order chi connectivity index (χ0) is 35.4. The lowest BCUT2D eigenvalue weighted by atomic mass is 9.96. The lowest BCUT2D eigenvalue weighted by Gasteiger charge is -2.47. The van der Waals surface area contributed by atoms with Crippen molar-refractivity contribution in [3.05, 3.63) is 81.6 Å². The van der Waals surface area contributed by atoms with Gasteiger partial charge in [-0.15, -0.1) is 0 Å². The number of hydrogen-bond donors (Lipinski definition) is 1. The van der Waals surface area contributed by atoms with Gasteiger partial charge in [0, 0.05) is 47.0 Å². The molecule has 0 bridgehead atoms. The molecule has 13 heteroatoms. The third-order valence-corrected chi connectivity index (χ3v) is 9.75. The topological polar surface area (TPSA) is 112 Å². The van der Waals surface area contributed by atoms with Crippen molar-refractivity contribution in [1.29, 1.82) is 0 Å². The number of carbonyl (C=O) groups is 2. The molecule has 4 aliphatic rings. The summed E-state index contributed by atoms with van der Waals surface area (Å²) in [4.78, 5) is 54.3. The van der Waals surface area contributed by atoms with E-state index in [-0.39, 0.29) is 58.8 Å². The van der Waals surface area contributed by atoms with Crippen molar-refractivity contribution < 1.29 is 27.6 Å². The number of anilines is 2. The molecule has 1 atom stereocenters. The SMILES string of the molecule is [2H]C([2H])([2H])N1C(=O)[C@H]2CN(C(=O)C=C)CCN2c2c1c(=O)n(-c1c(C3CC3)ncnc1C1CC1)c1c(F)c(-c3c(O)cccc3F)c(Cl)cc21. The van der Waals surface area contributed by atoms with E-state index in [4.69, 9.17) is 15.7 Å². The van der Waals surface area contributed by atoms with Gasteiger partial charge in [-0.3, -0.25) is 19.0 Å². The van der Waals surface area contributed by atoms with E-state index in [1.54, 1.807) is 0 Å². The van der Waals surface area contributed by atoms with E-state index < -0.39 is 64.6 Å². The average Bonchev–Trinajstić information content (AvgIpc) is 4.00. The third kappa shape index (κ3) is 4.37. The van der Waals surface area contributed by atoms with E-state index in [2.05, 4.69) is 16.5 Å². The number of carbonyl (C=O) groups excluding carboxylic acids is 2. The smallest absolute Gasteiger partial charge is 0.281 e. The van der Waals surface area contributed by atoms with Gasteiger partial charge < -0.3 is 19.8 Å². The van der Waals surface area contributed by atoms with Gasteiger partial charge in [-0.2, -0.15) is 0 Å². The van der Waals surface area contributed by atoms with Crippen LogP contribution in [0.3, 0.4) is 0 Å². The Balaban J connectivity index is 1.54. The monoisotopic (exact) mass is 661 g/mol. The first-order valence-corrected chi connectivity index (χ1v) is 15.7. The second kappa shape index (κ2) is 10.6. The lowest BCUT2D eigenvalue weighted by molar-refractivity contribution is -0.128. The summed E-state index contributed by atoms with van der Waals surface area (Å²) in [5.74, 6) is -4.33. The molecule has 0 unspecified atom stereocenters. The lowest BCUT2D eigenvalue weighted by Crippen LogP contribution is -2.63. The Labute approximate surface area is 276 Å². The van der Waals surface area contributed by atoms with Crippen molar-refractivity contribution in [2.24, 2.45) is 0 Å². The maximum absolute atomic E-state index is 17.6. The number of fused-ring (bicyclic) bond motifs is 5. The van der Waals surface area contributed by atoms with Crippen molar-refractivity contribution >= 4 is 45.7 Å². The molecule has 2 aromatic carbocycles. The fourth-order valence-corrected chi connectivity index (χ4v) is 7.22. The highest BCUT2D eigenvalue weighted by Gasteiger charge is 2.45. The van der Waals surface area contributed by atoms with Crippen molar-refractivity contribution in [3.63, 3.8) is 0 Å². The first-order chi connectivity index (χ1) is 23.8. The summed E-state index contributed by atoms with van der Waals surface area (Å²) >= 11 is 6.76. The number of nitrogens with zero attached hydrogens (tertiary/aromatic N) is 6. The normalized spacial score (nSPS) is 20.4. The molecule has 2 amide bonds. The predicted octanol–water partition coefficient (Wildman–Crippen LogP) is 5.02. The summed E-state index contributed by atoms with van der Waals surface area (Å²) in [6.07, 6.45) is 5.43. The van der Waals surface area contributed by atoms with Crippen molar-refractivity contribution in [3.8, 4) is 22.6 Å². The van der Waals surface area contributed by atoms with E-state index in [0.717, 1.165) is 42.4 Å². The number of aromatic hydroxyl groups is 1. The van der Waals surface area contributed by atoms with Gasteiger partial charge in [0.15, 0.2) is 5.82 Å². The molecule has 4 aromatic rings. The summed E-state index contributed by atoms with van der Waals surface area (Å²) in [6.45, 7) is 0.143. The highest BCUT2D eigenvalue weighted by molar-refractivity contribution is 6.35. The molecule has 10 nitrogen and oxygen atoms in total. The minimum atomic E-state index is -3.18. The number of phenols is 1. The van der Waals surface area contributed by atoms with Crippen LogP contribution in [0.1, 0.15) is 53.0 Å². The number of likely N-dealkylation sites (N-methyl/N-ethyl adjacent to an activating group) is 1. The highest BCUT2D eigenvalue weighted by atomic mass is 35.5. The number of aromatic nitrogens is 3. The van der Waals surface area contributed by atoms with Crippen LogP contribution in [0.25, 0.3) is 27.7 Å². The van der Waals surface area contributed by atoms with Crippen LogP contribution < -0.4 is 15.4 Å². The molecule has 4 heterocycles. The van der Waals surface area contributed by atoms with Crippen LogP contribution in [-0.4, -0.2) is 69.0 Å². The fourth-order valence-electron chi connectivity index (χ4n) is 6.94. The van der Waals surface area contributed by atoms with Gasteiger partial charge in [0.1, 0.15) is 29.6 Å². The molecule has 2 aliphatic heterocycles. The maximum atomic E-state index is 17.6. The minimum Gasteiger partial charge on any atom is -0.507 e. The van der Waals surface area contributed by atoms with Crippen LogP contribution in [0, 0.1) is 11.6 Å². The molecule has 2 aromatic heterocycles. The fraction of sp³-hybridized carbons (Fsp3) is 0.324. The Bertz CT molecular complexity index is 2190. The molecule has 240 valence electrons. The van der Waals surface area contributed by atoms with Gasteiger partial charge in [0.2, 0.25) is 5.91 Å². The molecule has 0 radical (unpaired) electrons. The van der Waals surface area contributed by atoms with Gasteiger partial charge in [0.05, 0.1) is 45.4 Å². The first-order valence-electron chi connectivity index (χ1n) is 16.8. The summed E-state index contributed by atoms with van der Waals surface area (Å²) < 4.78 is 59.3. The molecule has 0 spiro atoms. The van der Waals surface area contributed by atoms with E-state index in [9.17, 15) is 14.7 Å². The number of pyridine rings is 1. The Morgan fingerprint density at radius 2 is 1.77 bits per heavy atom. The van der Waals surface area contributed by atoms with Crippen molar-refractivity contribution in [1.82, 2.24) is 19.4 Å². The van der Waals surface area contributed by atoms with Gasteiger partial charge in [0.25, 0.3) is 11.5 Å². The standard InChI is InChI=1S/C34H29ClF2N6O4/c1-3-23(45)41-11-12-42-21(14-41)33(46)40(2)32-30(42)18-13-19(35)24(25-20(36)5-4-6-22(25)44)26(37)29(18)43(34(32)47)31-27(16-7-8-16)38-15-39-28(31)17-9-10-17/h3-6,13,15-17,21,44H,1,7-12,14H2,2H3/t21-/m1/s1/i2D3. The Hall–Kier alpha value is -4.84. The average molecular weight is 662 g/mol. The quantitative estimate of drug-likeness (QED) is 0.299. The molecule has 3 fully saturated rings. The van der Waals surface area contributed by atoms with Gasteiger partial charge in [-0.1, -0.05) is 24.2 Å². The van der Waals surface area contributed by atoms with E-state index in [0.29, 0.717) is 16.3 Å². The molecular formula is C34H29ClF2N6O4. The van der Waals surface area contributed by atoms with Crippen LogP contribution in [-0.2, 0) is 9.59 Å². The molecular weight excluding hydrogens is 630 g/mol. The number of piperazine rings is 1. The van der Waals surface area contributed by atoms with E-state index in [1.165, 1.54) is 34.3 Å².